The molecule has 0 aromatic carbocycles. The summed E-state index contributed by atoms with van der Waals surface area (Å²) < 4.78 is 34.6. The number of sulfonamides is 1. The van der Waals surface area contributed by atoms with Gasteiger partial charge in [0.25, 0.3) is 0 Å². The third-order valence-corrected chi connectivity index (χ3v) is 6.20. The Balaban J connectivity index is 1.77. The van der Waals surface area contributed by atoms with E-state index in [1.165, 1.54) is 11.3 Å². The number of thiophene rings is 1. The number of nitrogens with zero attached hydrogens (tertiary/aromatic N) is 2. The maximum atomic E-state index is 12.5. The molecule has 23 heavy (non-hydrogen) atoms. The summed E-state index contributed by atoms with van der Waals surface area (Å²) in [5.41, 5.74) is 2.07. The van der Waals surface area contributed by atoms with E-state index in [9.17, 15) is 8.42 Å². The Morgan fingerprint density at radius 3 is 2.78 bits per heavy atom. The van der Waals surface area contributed by atoms with Crippen molar-refractivity contribution in [3.8, 4) is 11.3 Å². The van der Waals surface area contributed by atoms with Crippen LogP contribution < -0.4 is 4.72 Å². The highest BCUT2D eigenvalue weighted by Crippen LogP contribution is 2.26. The van der Waals surface area contributed by atoms with Crippen LogP contribution in [0.1, 0.15) is 16.3 Å². The van der Waals surface area contributed by atoms with Gasteiger partial charge in [-0.25, -0.2) is 13.1 Å². The van der Waals surface area contributed by atoms with Gasteiger partial charge in [0.1, 0.15) is 10.7 Å². The van der Waals surface area contributed by atoms with E-state index in [1.807, 2.05) is 23.6 Å². The summed E-state index contributed by atoms with van der Waals surface area (Å²) >= 11 is 1.49. The number of aromatic nitrogens is 2. The monoisotopic (exact) mass is 351 g/mol. The molecular formula is C15H17N3O3S2. The van der Waals surface area contributed by atoms with Gasteiger partial charge in [-0.05, 0) is 32.0 Å². The molecule has 0 saturated carbocycles. The summed E-state index contributed by atoms with van der Waals surface area (Å²) in [6.45, 7) is 3.68. The largest absolute Gasteiger partial charge is 0.464 e. The molecule has 0 aliphatic carbocycles. The predicted molar refractivity (Wildman–Crippen MR) is 88.7 cm³/mol. The molecular weight excluding hydrogens is 334 g/mol. The maximum absolute atomic E-state index is 12.5. The molecule has 6 nitrogen and oxygen atoms in total. The normalized spacial score (nSPS) is 12.0. The van der Waals surface area contributed by atoms with Gasteiger partial charge in [-0.1, -0.05) is 0 Å². The molecule has 8 heteroatoms. The second kappa shape index (κ2) is 5.95. The Hall–Kier alpha value is -1.90. The van der Waals surface area contributed by atoms with Crippen molar-refractivity contribution >= 4 is 21.4 Å². The topological polar surface area (TPSA) is 77.1 Å². The molecule has 3 aromatic heterocycles. The Bertz CT molecular complexity index is 921. The van der Waals surface area contributed by atoms with Crippen molar-refractivity contribution in [1.82, 2.24) is 14.5 Å². The molecule has 0 fully saturated rings. The summed E-state index contributed by atoms with van der Waals surface area (Å²) in [6, 6.07) is 5.62. The van der Waals surface area contributed by atoms with Gasteiger partial charge >= 0.3 is 0 Å². The highest BCUT2D eigenvalue weighted by molar-refractivity contribution is 7.89. The molecule has 0 unspecified atom stereocenters. The molecule has 0 radical (unpaired) electrons. The van der Waals surface area contributed by atoms with Crippen molar-refractivity contribution < 1.29 is 12.8 Å². The van der Waals surface area contributed by atoms with E-state index >= 15 is 0 Å². The van der Waals surface area contributed by atoms with Crippen molar-refractivity contribution in [3.63, 3.8) is 0 Å². The summed E-state index contributed by atoms with van der Waals surface area (Å²) in [5, 5.41) is 6.10. The van der Waals surface area contributed by atoms with Gasteiger partial charge in [-0.2, -0.15) is 5.10 Å². The fraction of sp³-hybridized carbons (Fsp3) is 0.267. The van der Waals surface area contributed by atoms with Crippen molar-refractivity contribution in [2.24, 2.45) is 7.05 Å². The number of nitrogens with one attached hydrogen (secondary N) is 1. The van der Waals surface area contributed by atoms with Crippen molar-refractivity contribution in [3.05, 3.63) is 46.1 Å². The molecule has 0 saturated heterocycles. The quantitative estimate of drug-likeness (QED) is 0.767. The van der Waals surface area contributed by atoms with Crippen LogP contribution in [0.3, 0.4) is 0 Å². The second-order valence-electron chi connectivity index (χ2n) is 5.23. The van der Waals surface area contributed by atoms with Crippen LogP contribution in [-0.4, -0.2) is 18.2 Å². The lowest BCUT2D eigenvalue weighted by Gasteiger charge is -2.06. The maximum Gasteiger partial charge on any atom is 0.244 e. The average molecular weight is 351 g/mol. The van der Waals surface area contributed by atoms with E-state index in [4.69, 9.17) is 4.42 Å². The van der Waals surface area contributed by atoms with E-state index < -0.39 is 10.0 Å². The van der Waals surface area contributed by atoms with Gasteiger partial charge in [0.05, 0.1) is 17.7 Å². The minimum atomic E-state index is -3.59. The lowest BCUT2D eigenvalue weighted by Crippen LogP contribution is -2.24. The third kappa shape index (κ3) is 3.10. The van der Waals surface area contributed by atoms with Gasteiger partial charge in [-0.15, -0.1) is 11.3 Å². The number of furan rings is 1. The molecule has 0 bridgehead atoms. The van der Waals surface area contributed by atoms with E-state index in [-0.39, 0.29) is 11.4 Å². The fourth-order valence-corrected chi connectivity index (χ4v) is 4.77. The molecule has 3 heterocycles. The smallest absolute Gasteiger partial charge is 0.244 e. The molecule has 122 valence electrons. The van der Waals surface area contributed by atoms with Crippen LogP contribution in [0.15, 0.2) is 39.2 Å². The lowest BCUT2D eigenvalue weighted by atomic mass is 10.2. The molecule has 0 spiro atoms. The van der Waals surface area contributed by atoms with Crippen LogP contribution in [-0.2, 0) is 23.6 Å². The van der Waals surface area contributed by atoms with Gasteiger partial charge in [-0.3, -0.25) is 4.68 Å². The molecule has 0 aliphatic heterocycles. The Morgan fingerprint density at radius 1 is 1.39 bits per heavy atom. The standard InChI is InChI=1S/C15H17N3O3S2/c1-10-15(11(2)18(3)17-10)23(19,20)16-8-13-7-12(9-22-13)14-5-4-6-21-14/h4-7,9,16H,8H2,1-3H3. The first kappa shape index (κ1) is 16.0. The highest BCUT2D eigenvalue weighted by atomic mass is 32.2. The van der Waals surface area contributed by atoms with Crippen LogP contribution >= 0.6 is 11.3 Å². The molecule has 0 amide bonds. The van der Waals surface area contributed by atoms with Gasteiger partial charge in [0, 0.05) is 29.4 Å². The average Bonchev–Trinajstić information content (AvgIpc) is 3.19. The van der Waals surface area contributed by atoms with Crippen LogP contribution in [0, 0.1) is 13.8 Å². The Morgan fingerprint density at radius 2 is 2.17 bits per heavy atom. The van der Waals surface area contributed by atoms with Crippen LogP contribution in [0.5, 0.6) is 0 Å². The van der Waals surface area contributed by atoms with E-state index in [0.717, 1.165) is 16.2 Å². The van der Waals surface area contributed by atoms with Crippen LogP contribution in [0.4, 0.5) is 0 Å². The SMILES string of the molecule is Cc1nn(C)c(C)c1S(=O)(=O)NCc1cc(-c2ccco2)cs1. The molecule has 3 rings (SSSR count). The first-order chi connectivity index (χ1) is 10.9. The third-order valence-electron chi connectivity index (χ3n) is 3.61. The molecule has 0 atom stereocenters. The van der Waals surface area contributed by atoms with Crippen molar-refractivity contribution in [1.29, 1.82) is 0 Å². The Kier molecular flexibility index (Phi) is 4.13. The van der Waals surface area contributed by atoms with E-state index in [0.29, 0.717) is 11.4 Å². The number of rotatable bonds is 5. The van der Waals surface area contributed by atoms with Crippen LogP contribution in [0.2, 0.25) is 0 Å². The highest BCUT2D eigenvalue weighted by Gasteiger charge is 2.23. The molecule has 0 aliphatic rings. The summed E-state index contributed by atoms with van der Waals surface area (Å²) in [6.07, 6.45) is 1.61. The number of hydrogen-bond donors (Lipinski definition) is 1. The lowest BCUT2D eigenvalue weighted by molar-refractivity contribution is 0.580. The minimum absolute atomic E-state index is 0.238. The van der Waals surface area contributed by atoms with E-state index in [1.54, 1.807) is 31.8 Å². The van der Waals surface area contributed by atoms with Gasteiger partial charge in [0.2, 0.25) is 10.0 Å². The van der Waals surface area contributed by atoms with Gasteiger partial charge < -0.3 is 4.42 Å². The first-order valence-electron chi connectivity index (χ1n) is 6.99. The second-order valence-corrected chi connectivity index (χ2v) is 7.93. The zero-order chi connectivity index (χ0) is 16.6. The van der Waals surface area contributed by atoms with Crippen molar-refractivity contribution in [2.75, 3.05) is 0 Å². The van der Waals surface area contributed by atoms with E-state index in [2.05, 4.69) is 9.82 Å². The molecule has 1 N–H and O–H groups in total. The zero-order valence-corrected chi connectivity index (χ0v) is 14.7. The summed E-state index contributed by atoms with van der Waals surface area (Å²) in [7, 11) is -1.86. The minimum Gasteiger partial charge on any atom is -0.464 e. The number of hydrogen-bond acceptors (Lipinski definition) is 5. The number of aryl methyl sites for hydroxylation is 2. The summed E-state index contributed by atoms with van der Waals surface area (Å²) in [5.74, 6) is 0.773. The van der Waals surface area contributed by atoms with Gasteiger partial charge in [0.15, 0.2) is 0 Å². The van der Waals surface area contributed by atoms with Crippen LogP contribution in [0.25, 0.3) is 11.3 Å². The fourth-order valence-electron chi connectivity index (χ4n) is 2.43. The zero-order valence-electron chi connectivity index (χ0n) is 13.0. The van der Waals surface area contributed by atoms with Crippen molar-refractivity contribution in [2.45, 2.75) is 25.3 Å². The Labute approximate surface area is 138 Å². The predicted octanol–water partition coefficient (Wildman–Crippen LogP) is 2.84. The summed E-state index contributed by atoms with van der Waals surface area (Å²) in [4.78, 5) is 1.17. The first-order valence-corrected chi connectivity index (χ1v) is 9.36. The molecule has 3 aromatic rings.